The quantitative estimate of drug-likeness (QED) is 0.788. The van der Waals surface area contributed by atoms with E-state index in [-0.39, 0.29) is 11.7 Å². The summed E-state index contributed by atoms with van der Waals surface area (Å²) in [6.07, 6.45) is 6.70. The normalized spacial score (nSPS) is 14.8. The van der Waals surface area contributed by atoms with Gasteiger partial charge in [0.2, 0.25) is 5.95 Å². The molecule has 2 aromatic heterocycles. The van der Waals surface area contributed by atoms with Gasteiger partial charge in [-0.2, -0.15) is 4.98 Å². The molecule has 0 aromatic carbocycles. The molecule has 6 nitrogen and oxygen atoms in total. The third kappa shape index (κ3) is 1.89. The van der Waals surface area contributed by atoms with Crippen LogP contribution in [0.5, 0.6) is 0 Å². The van der Waals surface area contributed by atoms with Crippen LogP contribution in [0.1, 0.15) is 23.3 Å². The Morgan fingerprint density at radius 1 is 1.41 bits per heavy atom. The van der Waals surface area contributed by atoms with Gasteiger partial charge in [0, 0.05) is 18.3 Å². The third-order valence-corrected chi connectivity index (χ3v) is 2.68. The van der Waals surface area contributed by atoms with Crippen LogP contribution in [0.25, 0.3) is 5.95 Å². The number of anilines is 1. The number of hydrogen-bond donors (Lipinski definition) is 1. The maximum Gasteiger partial charge on any atom is 0.236 e. The average Bonchev–Trinajstić information content (AvgIpc) is 3.05. The Morgan fingerprint density at radius 2 is 2.24 bits per heavy atom. The third-order valence-electron chi connectivity index (χ3n) is 2.68. The number of nitrogens with zero attached hydrogens (tertiary/aromatic N) is 4. The van der Waals surface area contributed by atoms with E-state index < -0.39 is 0 Å². The summed E-state index contributed by atoms with van der Waals surface area (Å²) in [5.74, 6) is 1.08. The molecule has 6 heteroatoms. The Balaban J connectivity index is 1.91. The number of carbonyl (C=O) groups excluding carboxylic acids is 1. The number of nitrogen functional groups attached to an aromatic ring is 1. The van der Waals surface area contributed by atoms with E-state index in [0.717, 1.165) is 12.8 Å². The minimum Gasteiger partial charge on any atom is -0.384 e. The van der Waals surface area contributed by atoms with Crippen molar-refractivity contribution < 1.29 is 4.79 Å². The number of carbonyl (C=O) groups is 1. The van der Waals surface area contributed by atoms with Gasteiger partial charge in [-0.05, 0) is 18.9 Å². The van der Waals surface area contributed by atoms with Crippen LogP contribution >= 0.6 is 0 Å². The summed E-state index contributed by atoms with van der Waals surface area (Å²) in [4.78, 5) is 24.0. The summed E-state index contributed by atoms with van der Waals surface area (Å²) in [5, 5.41) is 0. The molecule has 2 heterocycles. The second kappa shape index (κ2) is 3.65. The predicted molar refractivity (Wildman–Crippen MR) is 60.6 cm³/mol. The number of nitrogens with two attached hydrogens (primary N) is 1. The molecule has 17 heavy (non-hydrogen) atoms. The molecule has 1 aliphatic rings. The largest absolute Gasteiger partial charge is 0.384 e. The smallest absolute Gasteiger partial charge is 0.236 e. The van der Waals surface area contributed by atoms with Crippen molar-refractivity contribution in [3.05, 3.63) is 30.5 Å². The fraction of sp³-hybridized carbons (Fsp3) is 0.273. The molecular formula is C11H11N5O. The van der Waals surface area contributed by atoms with Crippen molar-refractivity contribution in [1.82, 2.24) is 19.5 Å². The monoisotopic (exact) mass is 229 g/mol. The van der Waals surface area contributed by atoms with Crippen molar-refractivity contribution in [3.63, 3.8) is 0 Å². The molecule has 0 atom stereocenters. The van der Waals surface area contributed by atoms with Crippen molar-refractivity contribution in [2.75, 3.05) is 5.73 Å². The van der Waals surface area contributed by atoms with Crippen LogP contribution in [-0.4, -0.2) is 25.3 Å². The molecule has 2 aromatic rings. The first-order chi connectivity index (χ1) is 8.24. The van der Waals surface area contributed by atoms with Crippen molar-refractivity contribution in [3.8, 4) is 5.95 Å². The molecular weight excluding hydrogens is 218 g/mol. The Hall–Kier alpha value is -2.24. The zero-order chi connectivity index (χ0) is 11.8. The highest BCUT2D eigenvalue weighted by molar-refractivity contribution is 5.97. The molecule has 1 saturated carbocycles. The maximum atomic E-state index is 11.8. The summed E-state index contributed by atoms with van der Waals surface area (Å²) in [6.45, 7) is 0. The topological polar surface area (TPSA) is 86.7 Å². The van der Waals surface area contributed by atoms with E-state index in [9.17, 15) is 4.79 Å². The predicted octanol–water partition coefficient (Wildman–Crippen LogP) is 0.837. The number of hydrogen-bond acceptors (Lipinski definition) is 5. The van der Waals surface area contributed by atoms with Crippen molar-refractivity contribution in [2.24, 2.45) is 5.92 Å². The van der Waals surface area contributed by atoms with Gasteiger partial charge in [-0.3, -0.25) is 9.36 Å². The first kappa shape index (κ1) is 9.95. The lowest BCUT2D eigenvalue weighted by atomic mass is 10.2. The molecule has 3 rings (SSSR count). The highest BCUT2D eigenvalue weighted by Crippen LogP contribution is 2.32. The minimum atomic E-state index is 0.104. The van der Waals surface area contributed by atoms with Crippen LogP contribution in [0.2, 0.25) is 0 Å². The van der Waals surface area contributed by atoms with Gasteiger partial charge in [0.15, 0.2) is 5.78 Å². The molecule has 0 amide bonds. The SMILES string of the molecule is Nc1ccnc(-n2cnc(C(=O)C3CC3)c2)n1. The van der Waals surface area contributed by atoms with E-state index in [1.807, 2.05) is 0 Å². The summed E-state index contributed by atoms with van der Waals surface area (Å²) in [5.41, 5.74) is 6.04. The Kier molecular flexibility index (Phi) is 2.14. The Labute approximate surface area is 97.5 Å². The van der Waals surface area contributed by atoms with Crippen LogP contribution in [0.3, 0.4) is 0 Å². The molecule has 1 fully saturated rings. The van der Waals surface area contributed by atoms with Crippen LogP contribution in [0.4, 0.5) is 5.82 Å². The fourth-order valence-corrected chi connectivity index (χ4v) is 1.60. The number of aromatic nitrogens is 4. The molecule has 2 N–H and O–H groups in total. The van der Waals surface area contributed by atoms with E-state index in [1.54, 1.807) is 23.0 Å². The molecule has 0 aliphatic heterocycles. The molecule has 86 valence electrons. The maximum absolute atomic E-state index is 11.8. The summed E-state index contributed by atoms with van der Waals surface area (Å²) in [6, 6.07) is 1.61. The zero-order valence-electron chi connectivity index (χ0n) is 9.08. The standard InChI is InChI=1S/C11H11N5O/c12-9-3-4-13-11(15-9)16-5-8(14-6-16)10(17)7-1-2-7/h3-7H,1-2H2,(H2,12,13,15). The van der Waals surface area contributed by atoms with Crippen molar-refractivity contribution >= 4 is 11.6 Å². The second-order valence-electron chi connectivity index (χ2n) is 4.09. The van der Waals surface area contributed by atoms with Crippen LogP contribution < -0.4 is 5.73 Å². The van der Waals surface area contributed by atoms with Crippen LogP contribution in [0.15, 0.2) is 24.8 Å². The molecule has 0 saturated heterocycles. The van der Waals surface area contributed by atoms with Gasteiger partial charge < -0.3 is 5.73 Å². The van der Waals surface area contributed by atoms with E-state index in [4.69, 9.17) is 5.73 Å². The van der Waals surface area contributed by atoms with E-state index >= 15 is 0 Å². The van der Waals surface area contributed by atoms with E-state index in [0.29, 0.717) is 17.5 Å². The zero-order valence-corrected chi connectivity index (χ0v) is 9.08. The summed E-state index contributed by atoms with van der Waals surface area (Å²) >= 11 is 0. The number of Topliss-reactive ketones (excluding diaryl/α,β-unsaturated/α-hetero) is 1. The summed E-state index contributed by atoms with van der Waals surface area (Å²) < 4.78 is 1.60. The number of rotatable bonds is 3. The number of ketones is 1. The van der Waals surface area contributed by atoms with Gasteiger partial charge in [0.1, 0.15) is 17.8 Å². The highest BCUT2D eigenvalue weighted by Gasteiger charge is 2.31. The molecule has 0 radical (unpaired) electrons. The average molecular weight is 229 g/mol. The molecule has 0 bridgehead atoms. The van der Waals surface area contributed by atoms with E-state index in [1.165, 1.54) is 6.33 Å². The van der Waals surface area contributed by atoms with Crippen molar-refractivity contribution in [2.45, 2.75) is 12.8 Å². The lowest BCUT2D eigenvalue weighted by Crippen LogP contribution is -2.03. The fourth-order valence-electron chi connectivity index (χ4n) is 1.60. The van der Waals surface area contributed by atoms with E-state index in [2.05, 4.69) is 15.0 Å². The lowest BCUT2D eigenvalue weighted by molar-refractivity contribution is 0.0963. The van der Waals surface area contributed by atoms with Gasteiger partial charge in [-0.1, -0.05) is 0 Å². The molecule has 0 unspecified atom stereocenters. The molecule has 1 aliphatic carbocycles. The van der Waals surface area contributed by atoms with Gasteiger partial charge in [0.05, 0.1) is 0 Å². The number of imidazole rings is 1. The summed E-state index contributed by atoms with van der Waals surface area (Å²) in [7, 11) is 0. The minimum absolute atomic E-state index is 0.104. The first-order valence-electron chi connectivity index (χ1n) is 5.41. The van der Waals surface area contributed by atoms with Crippen LogP contribution in [0, 0.1) is 5.92 Å². The Bertz CT molecular complexity index is 573. The van der Waals surface area contributed by atoms with Gasteiger partial charge in [0.25, 0.3) is 0 Å². The molecule has 0 spiro atoms. The lowest BCUT2D eigenvalue weighted by Gasteiger charge is -1.99. The van der Waals surface area contributed by atoms with Crippen LogP contribution in [-0.2, 0) is 0 Å². The first-order valence-corrected chi connectivity index (χ1v) is 5.41. The van der Waals surface area contributed by atoms with Gasteiger partial charge in [-0.15, -0.1) is 0 Å². The van der Waals surface area contributed by atoms with Crippen molar-refractivity contribution in [1.29, 1.82) is 0 Å². The van der Waals surface area contributed by atoms with Gasteiger partial charge in [-0.25, -0.2) is 9.97 Å². The highest BCUT2D eigenvalue weighted by atomic mass is 16.1. The Morgan fingerprint density at radius 3 is 2.94 bits per heavy atom. The van der Waals surface area contributed by atoms with Gasteiger partial charge >= 0.3 is 0 Å². The second-order valence-corrected chi connectivity index (χ2v) is 4.09.